The van der Waals surface area contributed by atoms with Crippen molar-refractivity contribution >= 4 is 23.3 Å². The molecule has 5 nitrogen and oxygen atoms in total. The number of hydrogen-bond acceptors (Lipinski definition) is 3. The fraction of sp³-hybridized carbons (Fsp3) is 0.214. The number of benzene rings is 1. The second kappa shape index (κ2) is 6.45. The highest BCUT2D eigenvalue weighted by Crippen LogP contribution is 2.16. The van der Waals surface area contributed by atoms with Gasteiger partial charge < -0.3 is 20.2 Å². The molecule has 0 radical (unpaired) electrons. The lowest BCUT2D eigenvalue weighted by Gasteiger charge is -2.11. The summed E-state index contributed by atoms with van der Waals surface area (Å²) in [5.41, 5.74) is 0.582. The van der Waals surface area contributed by atoms with Crippen LogP contribution in [0.2, 0.25) is 5.02 Å². The van der Waals surface area contributed by atoms with E-state index in [9.17, 15) is 9.90 Å². The van der Waals surface area contributed by atoms with Crippen LogP contribution in [0, 0.1) is 6.92 Å². The van der Waals surface area contributed by atoms with Gasteiger partial charge in [0, 0.05) is 10.7 Å². The van der Waals surface area contributed by atoms with Crippen molar-refractivity contribution in [1.82, 2.24) is 5.32 Å². The Bertz CT molecular complexity index is 598. The van der Waals surface area contributed by atoms with Crippen LogP contribution in [-0.4, -0.2) is 17.7 Å². The van der Waals surface area contributed by atoms with Crippen molar-refractivity contribution in [3.05, 3.63) is 52.9 Å². The maximum Gasteiger partial charge on any atom is 0.319 e. The lowest BCUT2D eigenvalue weighted by molar-refractivity contribution is 0.148. The number of hydrogen-bond donors (Lipinski definition) is 3. The normalized spacial score (nSPS) is 11.9. The van der Waals surface area contributed by atoms with Gasteiger partial charge in [0.15, 0.2) is 0 Å². The highest BCUT2D eigenvalue weighted by molar-refractivity contribution is 6.30. The molecule has 3 N–H and O–H groups in total. The van der Waals surface area contributed by atoms with Crippen LogP contribution in [0.4, 0.5) is 10.5 Å². The largest absolute Gasteiger partial charge is 0.464 e. The molecular weight excluding hydrogens is 280 g/mol. The molecule has 1 aromatic heterocycles. The molecule has 106 valence electrons. The molecule has 0 spiro atoms. The van der Waals surface area contributed by atoms with Crippen molar-refractivity contribution < 1.29 is 14.3 Å². The van der Waals surface area contributed by atoms with E-state index in [1.54, 1.807) is 43.3 Å². The monoisotopic (exact) mass is 294 g/mol. The van der Waals surface area contributed by atoms with E-state index in [1.165, 1.54) is 0 Å². The Hall–Kier alpha value is -1.98. The number of halogens is 1. The average molecular weight is 295 g/mol. The van der Waals surface area contributed by atoms with Gasteiger partial charge >= 0.3 is 6.03 Å². The second-order valence-electron chi connectivity index (χ2n) is 4.31. The van der Waals surface area contributed by atoms with Gasteiger partial charge in [-0.15, -0.1) is 0 Å². The maximum atomic E-state index is 11.7. The molecule has 0 fully saturated rings. The lowest BCUT2D eigenvalue weighted by Crippen LogP contribution is -2.32. The highest BCUT2D eigenvalue weighted by atomic mass is 35.5. The van der Waals surface area contributed by atoms with Crippen molar-refractivity contribution in [2.75, 3.05) is 11.9 Å². The van der Waals surface area contributed by atoms with Crippen LogP contribution in [-0.2, 0) is 0 Å². The van der Waals surface area contributed by atoms with Crippen molar-refractivity contribution in [3.8, 4) is 0 Å². The molecule has 1 aromatic carbocycles. The number of aryl methyl sites for hydroxylation is 1. The van der Waals surface area contributed by atoms with E-state index in [0.717, 1.165) is 0 Å². The van der Waals surface area contributed by atoms with Crippen molar-refractivity contribution in [2.24, 2.45) is 0 Å². The van der Waals surface area contributed by atoms with E-state index in [4.69, 9.17) is 16.0 Å². The summed E-state index contributed by atoms with van der Waals surface area (Å²) in [6.45, 7) is 1.84. The number of amides is 2. The predicted molar refractivity (Wildman–Crippen MR) is 76.9 cm³/mol. The van der Waals surface area contributed by atoms with Crippen molar-refractivity contribution in [3.63, 3.8) is 0 Å². The first kappa shape index (κ1) is 14.4. The van der Waals surface area contributed by atoms with Gasteiger partial charge in [-0.05, 0) is 37.3 Å². The first-order valence-electron chi connectivity index (χ1n) is 6.09. The van der Waals surface area contributed by atoms with E-state index in [-0.39, 0.29) is 6.54 Å². The van der Waals surface area contributed by atoms with E-state index in [0.29, 0.717) is 22.2 Å². The molecule has 1 heterocycles. The number of urea groups is 1. The maximum absolute atomic E-state index is 11.7. The molecular formula is C14H15ClN2O3. The molecule has 0 bridgehead atoms. The zero-order valence-corrected chi connectivity index (χ0v) is 11.6. The van der Waals surface area contributed by atoms with Crippen molar-refractivity contribution in [1.29, 1.82) is 0 Å². The molecule has 0 saturated carbocycles. The fourth-order valence-corrected chi connectivity index (χ4v) is 1.85. The van der Waals surface area contributed by atoms with Crippen LogP contribution in [0.5, 0.6) is 0 Å². The second-order valence-corrected chi connectivity index (χ2v) is 4.75. The van der Waals surface area contributed by atoms with Crippen LogP contribution in [0.1, 0.15) is 17.6 Å². The average Bonchev–Trinajstić information content (AvgIpc) is 2.83. The van der Waals surface area contributed by atoms with Crippen LogP contribution in [0.25, 0.3) is 0 Å². The third-order valence-corrected chi connectivity index (χ3v) is 2.86. The van der Waals surface area contributed by atoms with Gasteiger partial charge in [-0.1, -0.05) is 17.7 Å². The molecule has 2 amide bonds. The van der Waals surface area contributed by atoms with Gasteiger partial charge in [0.2, 0.25) is 0 Å². The first-order valence-corrected chi connectivity index (χ1v) is 6.47. The van der Waals surface area contributed by atoms with Gasteiger partial charge in [-0.3, -0.25) is 0 Å². The van der Waals surface area contributed by atoms with Crippen LogP contribution >= 0.6 is 11.6 Å². The molecule has 0 aliphatic heterocycles. The Labute approximate surface area is 121 Å². The summed E-state index contributed by atoms with van der Waals surface area (Å²) < 4.78 is 5.27. The van der Waals surface area contributed by atoms with Crippen molar-refractivity contribution in [2.45, 2.75) is 13.0 Å². The minimum Gasteiger partial charge on any atom is -0.464 e. The third kappa shape index (κ3) is 4.01. The van der Waals surface area contributed by atoms with Crippen LogP contribution in [0.15, 0.2) is 40.8 Å². The number of aliphatic hydroxyl groups is 1. The third-order valence-electron chi connectivity index (χ3n) is 2.63. The number of carbonyl (C=O) groups is 1. The van der Waals surface area contributed by atoms with Gasteiger partial charge in [0.1, 0.15) is 17.6 Å². The van der Waals surface area contributed by atoms with Crippen LogP contribution < -0.4 is 10.6 Å². The number of aliphatic hydroxyl groups excluding tert-OH is 1. The Balaban J connectivity index is 1.83. The summed E-state index contributed by atoms with van der Waals surface area (Å²) in [4.78, 5) is 11.7. The molecule has 0 aliphatic carbocycles. The smallest absolute Gasteiger partial charge is 0.319 e. The van der Waals surface area contributed by atoms with Gasteiger partial charge in [-0.2, -0.15) is 0 Å². The molecule has 1 atom stereocenters. The number of anilines is 1. The molecule has 6 heteroatoms. The Morgan fingerprint density at radius 2 is 2.20 bits per heavy atom. The molecule has 0 saturated heterocycles. The Morgan fingerprint density at radius 3 is 2.85 bits per heavy atom. The minimum absolute atomic E-state index is 0.0549. The molecule has 0 aliphatic rings. The molecule has 2 rings (SSSR count). The Kier molecular flexibility index (Phi) is 4.65. The van der Waals surface area contributed by atoms with E-state index >= 15 is 0 Å². The molecule has 20 heavy (non-hydrogen) atoms. The van der Waals surface area contributed by atoms with E-state index in [2.05, 4.69) is 10.6 Å². The zero-order chi connectivity index (χ0) is 14.5. The molecule has 1 unspecified atom stereocenters. The van der Waals surface area contributed by atoms with Gasteiger partial charge in [0.25, 0.3) is 0 Å². The summed E-state index contributed by atoms with van der Waals surface area (Å²) in [6, 6.07) is 9.81. The minimum atomic E-state index is -0.881. The number of furan rings is 1. The van der Waals surface area contributed by atoms with E-state index in [1.807, 2.05) is 0 Å². The lowest BCUT2D eigenvalue weighted by atomic mass is 10.3. The summed E-state index contributed by atoms with van der Waals surface area (Å²) in [7, 11) is 0. The predicted octanol–water partition coefficient (Wildman–Crippen LogP) is 3.10. The summed E-state index contributed by atoms with van der Waals surface area (Å²) in [5.74, 6) is 1.13. The number of nitrogens with one attached hydrogen (secondary N) is 2. The van der Waals surface area contributed by atoms with Gasteiger partial charge in [-0.25, -0.2) is 4.79 Å². The fourth-order valence-electron chi connectivity index (χ4n) is 1.66. The number of carbonyl (C=O) groups excluding carboxylic acids is 1. The standard InChI is InChI=1S/C14H15ClN2O3/c1-9-5-6-13(20-9)12(18)8-16-14(19)17-11-4-2-3-10(15)7-11/h2-7,12,18H,8H2,1H3,(H2,16,17,19). The zero-order valence-electron chi connectivity index (χ0n) is 10.9. The topological polar surface area (TPSA) is 74.5 Å². The number of rotatable bonds is 4. The molecule has 2 aromatic rings. The summed E-state index contributed by atoms with van der Waals surface area (Å²) in [5, 5.41) is 15.5. The summed E-state index contributed by atoms with van der Waals surface area (Å²) >= 11 is 5.81. The Morgan fingerprint density at radius 1 is 1.40 bits per heavy atom. The van der Waals surface area contributed by atoms with E-state index < -0.39 is 12.1 Å². The quantitative estimate of drug-likeness (QED) is 0.811. The SMILES string of the molecule is Cc1ccc(C(O)CNC(=O)Nc2cccc(Cl)c2)o1. The summed E-state index contributed by atoms with van der Waals surface area (Å²) in [6.07, 6.45) is -0.881. The first-order chi connectivity index (χ1) is 9.54. The van der Waals surface area contributed by atoms with Crippen LogP contribution in [0.3, 0.4) is 0 Å². The highest BCUT2D eigenvalue weighted by Gasteiger charge is 2.12. The van der Waals surface area contributed by atoms with Gasteiger partial charge in [0.05, 0.1) is 6.54 Å².